The van der Waals surface area contributed by atoms with Gasteiger partial charge < -0.3 is 9.64 Å². The zero-order valence-electron chi connectivity index (χ0n) is 13.5. The van der Waals surface area contributed by atoms with Crippen LogP contribution in [-0.2, 0) is 9.53 Å². The molecular formula is C19H27NO2. The Labute approximate surface area is 134 Å². The molecule has 1 aliphatic rings. The topological polar surface area (TPSA) is 29.5 Å². The van der Waals surface area contributed by atoms with Crippen LogP contribution in [0, 0.1) is 5.92 Å². The third-order valence-corrected chi connectivity index (χ3v) is 4.42. The average Bonchev–Trinajstić information content (AvgIpc) is 2.57. The maximum atomic E-state index is 12.8. The van der Waals surface area contributed by atoms with Gasteiger partial charge in [0.2, 0.25) is 5.91 Å². The van der Waals surface area contributed by atoms with Gasteiger partial charge in [-0.15, -0.1) is 6.58 Å². The molecule has 1 atom stereocenters. The molecule has 1 aromatic rings. The quantitative estimate of drug-likeness (QED) is 0.568. The van der Waals surface area contributed by atoms with Gasteiger partial charge in [-0.25, -0.2) is 0 Å². The lowest BCUT2D eigenvalue weighted by molar-refractivity contribution is -0.134. The van der Waals surface area contributed by atoms with E-state index >= 15 is 0 Å². The van der Waals surface area contributed by atoms with Crippen molar-refractivity contribution in [3.63, 3.8) is 0 Å². The Kier molecular flexibility index (Phi) is 6.66. The molecule has 120 valence electrons. The molecule has 0 aromatic heterocycles. The van der Waals surface area contributed by atoms with Crippen LogP contribution in [0.1, 0.15) is 37.7 Å². The number of likely N-dealkylation sites (tertiary alicyclic amines) is 1. The zero-order valence-corrected chi connectivity index (χ0v) is 13.5. The fraction of sp³-hybridized carbons (Fsp3) is 0.526. The van der Waals surface area contributed by atoms with E-state index in [9.17, 15) is 4.79 Å². The van der Waals surface area contributed by atoms with Gasteiger partial charge in [-0.05, 0) is 30.7 Å². The fourth-order valence-corrected chi connectivity index (χ4v) is 3.10. The van der Waals surface area contributed by atoms with Crippen LogP contribution >= 0.6 is 0 Å². The van der Waals surface area contributed by atoms with Crippen LogP contribution < -0.4 is 0 Å². The van der Waals surface area contributed by atoms with Crippen LogP contribution in [0.25, 0.3) is 0 Å². The van der Waals surface area contributed by atoms with Crippen molar-refractivity contribution in [2.24, 2.45) is 5.92 Å². The van der Waals surface area contributed by atoms with Crippen LogP contribution in [-0.4, -0.2) is 37.1 Å². The number of carbonyl (C=O) groups is 1. The molecule has 3 heteroatoms. The molecular weight excluding hydrogens is 274 g/mol. The first-order valence-electron chi connectivity index (χ1n) is 8.28. The van der Waals surface area contributed by atoms with Crippen molar-refractivity contribution in [1.29, 1.82) is 0 Å². The summed E-state index contributed by atoms with van der Waals surface area (Å²) in [4.78, 5) is 14.8. The van der Waals surface area contributed by atoms with E-state index in [0.717, 1.165) is 44.5 Å². The Morgan fingerprint density at radius 2 is 2.05 bits per heavy atom. The van der Waals surface area contributed by atoms with Crippen LogP contribution in [0.4, 0.5) is 0 Å². The highest BCUT2D eigenvalue weighted by Crippen LogP contribution is 2.25. The average molecular weight is 301 g/mol. The van der Waals surface area contributed by atoms with Crippen molar-refractivity contribution in [3.8, 4) is 0 Å². The lowest BCUT2D eigenvalue weighted by Gasteiger charge is -2.34. The Morgan fingerprint density at radius 1 is 1.36 bits per heavy atom. The predicted molar refractivity (Wildman–Crippen MR) is 89.8 cm³/mol. The maximum absolute atomic E-state index is 12.8. The summed E-state index contributed by atoms with van der Waals surface area (Å²) in [5.41, 5.74) is 1.13. The SMILES string of the molecule is C=CCOCC1CCN(C(=O)C(CC)c2ccccc2)CC1. The van der Waals surface area contributed by atoms with E-state index in [1.807, 2.05) is 23.1 Å². The molecule has 0 saturated carbocycles. The number of rotatable bonds is 7. The molecule has 0 aliphatic carbocycles. The van der Waals surface area contributed by atoms with Gasteiger partial charge in [-0.2, -0.15) is 0 Å². The molecule has 0 N–H and O–H groups in total. The summed E-state index contributed by atoms with van der Waals surface area (Å²) in [6.07, 6.45) is 4.71. The van der Waals surface area contributed by atoms with Crippen molar-refractivity contribution in [3.05, 3.63) is 48.6 Å². The van der Waals surface area contributed by atoms with Gasteiger partial charge in [0.1, 0.15) is 0 Å². The van der Waals surface area contributed by atoms with Crippen LogP contribution in [0.5, 0.6) is 0 Å². The first kappa shape index (κ1) is 16.8. The lowest BCUT2D eigenvalue weighted by atomic mass is 9.92. The Balaban J connectivity index is 1.87. The normalized spacial score (nSPS) is 17.2. The second-order valence-corrected chi connectivity index (χ2v) is 5.97. The highest BCUT2D eigenvalue weighted by molar-refractivity contribution is 5.83. The van der Waals surface area contributed by atoms with E-state index < -0.39 is 0 Å². The smallest absolute Gasteiger partial charge is 0.230 e. The Hall–Kier alpha value is -1.61. The molecule has 1 aliphatic heterocycles. The second kappa shape index (κ2) is 8.74. The largest absolute Gasteiger partial charge is 0.377 e. The zero-order chi connectivity index (χ0) is 15.8. The second-order valence-electron chi connectivity index (χ2n) is 5.97. The summed E-state index contributed by atoms with van der Waals surface area (Å²) >= 11 is 0. The van der Waals surface area contributed by atoms with Crippen molar-refractivity contribution >= 4 is 5.91 Å². The van der Waals surface area contributed by atoms with Crippen molar-refractivity contribution < 1.29 is 9.53 Å². The van der Waals surface area contributed by atoms with Crippen molar-refractivity contribution in [1.82, 2.24) is 4.90 Å². The lowest BCUT2D eigenvalue weighted by Crippen LogP contribution is -2.41. The Morgan fingerprint density at radius 3 is 2.64 bits per heavy atom. The van der Waals surface area contributed by atoms with Gasteiger partial charge in [0.15, 0.2) is 0 Å². The van der Waals surface area contributed by atoms with Crippen LogP contribution in [0.15, 0.2) is 43.0 Å². The first-order valence-corrected chi connectivity index (χ1v) is 8.28. The van der Waals surface area contributed by atoms with Gasteiger partial charge in [0.05, 0.1) is 12.5 Å². The molecule has 1 unspecified atom stereocenters. The number of amides is 1. The summed E-state index contributed by atoms with van der Waals surface area (Å²) in [7, 11) is 0. The van der Waals surface area contributed by atoms with Crippen molar-refractivity contribution in [2.45, 2.75) is 32.1 Å². The van der Waals surface area contributed by atoms with E-state index in [4.69, 9.17) is 4.74 Å². The molecule has 1 aromatic carbocycles. The molecule has 0 bridgehead atoms. The number of piperidine rings is 1. The predicted octanol–water partition coefficient (Wildman–Crippen LogP) is 3.62. The van der Waals surface area contributed by atoms with Crippen LogP contribution in [0.3, 0.4) is 0 Å². The summed E-state index contributed by atoms with van der Waals surface area (Å²) in [6, 6.07) is 10.1. The van der Waals surface area contributed by atoms with Gasteiger partial charge in [0.25, 0.3) is 0 Å². The number of nitrogens with zero attached hydrogens (tertiary/aromatic N) is 1. The number of carbonyl (C=O) groups excluding carboxylic acids is 1. The number of benzene rings is 1. The number of hydrogen-bond donors (Lipinski definition) is 0. The fourth-order valence-electron chi connectivity index (χ4n) is 3.10. The highest BCUT2D eigenvalue weighted by atomic mass is 16.5. The summed E-state index contributed by atoms with van der Waals surface area (Å²) in [5, 5.41) is 0. The minimum Gasteiger partial charge on any atom is -0.377 e. The molecule has 0 spiro atoms. The van der Waals surface area contributed by atoms with Gasteiger partial charge in [-0.1, -0.05) is 43.3 Å². The Bertz CT molecular complexity index is 464. The summed E-state index contributed by atoms with van der Waals surface area (Å²) in [6.45, 7) is 8.85. The van der Waals surface area contributed by atoms with E-state index in [1.165, 1.54) is 0 Å². The molecule has 1 heterocycles. The minimum atomic E-state index is -0.00485. The molecule has 1 fully saturated rings. The third-order valence-electron chi connectivity index (χ3n) is 4.42. The minimum absolute atomic E-state index is 0.00485. The number of hydrogen-bond acceptors (Lipinski definition) is 2. The van der Waals surface area contributed by atoms with Gasteiger partial charge in [0, 0.05) is 19.7 Å². The molecule has 3 nitrogen and oxygen atoms in total. The van der Waals surface area contributed by atoms with E-state index in [2.05, 4.69) is 25.6 Å². The van der Waals surface area contributed by atoms with E-state index in [-0.39, 0.29) is 11.8 Å². The number of ether oxygens (including phenoxy) is 1. The van der Waals surface area contributed by atoms with E-state index in [1.54, 1.807) is 6.08 Å². The standard InChI is InChI=1S/C19H27NO2/c1-3-14-22-15-16-10-12-20(13-11-16)19(21)18(4-2)17-8-6-5-7-9-17/h3,5-9,16,18H,1,4,10-15H2,2H3. The molecule has 1 saturated heterocycles. The van der Waals surface area contributed by atoms with Crippen LogP contribution in [0.2, 0.25) is 0 Å². The monoisotopic (exact) mass is 301 g/mol. The first-order chi connectivity index (χ1) is 10.8. The highest BCUT2D eigenvalue weighted by Gasteiger charge is 2.28. The summed E-state index contributed by atoms with van der Waals surface area (Å²) < 4.78 is 5.53. The summed E-state index contributed by atoms with van der Waals surface area (Å²) in [5.74, 6) is 0.842. The van der Waals surface area contributed by atoms with Gasteiger partial charge in [-0.3, -0.25) is 4.79 Å². The third kappa shape index (κ3) is 4.44. The van der Waals surface area contributed by atoms with Crippen molar-refractivity contribution in [2.75, 3.05) is 26.3 Å². The molecule has 1 amide bonds. The molecule has 22 heavy (non-hydrogen) atoms. The molecule has 2 rings (SSSR count). The molecule has 0 radical (unpaired) electrons. The van der Waals surface area contributed by atoms with Gasteiger partial charge >= 0.3 is 0 Å². The maximum Gasteiger partial charge on any atom is 0.230 e. The van der Waals surface area contributed by atoms with E-state index in [0.29, 0.717) is 12.5 Å².